The minimum absolute atomic E-state index is 0.170. The number of hydrogen-bond donors (Lipinski definition) is 2. The standard InChI is InChI=1S/C17H16N4O2S/c22-24(23,15-9-5-2-6-10-15)21-17-12-11-16(19-20-17)18-13-14-7-3-1-4-8-14/h1-12H,13H2,(H,18,19)(H,20,21). The molecule has 2 aromatic carbocycles. The predicted octanol–water partition coefficient (Wildman–Crippen LogP) is 2.89. The lowest BCUT2D eigenvalue weighted by Gasteiger charge is -2.08. The van der Waals surface area contributed by atoms with Crippen molar-refractivity contribution in [2.75, 3.05) is 10.0 Å². The van der Waals surface area contributed by atoms with Gasteiger partial charge in [0.15, 0.2) is 5.82 Å². The molecule has 0 aliphatic rings. The molecule has 1 heterocycles. The van der Waals surface area contributed by atoms with Gasteiger partial charge in [0.25, 0.3) is 10.0 Å². The van der Waals surface area contributed by atoms with Crippen molar-refractivity contribution in [3.8, 4) is 0 Å². The quantitative estimate of drug-likeness (QED) is 0.721. The first-order valence-electron chi connectivity index (χ1n) is 7.33. The number of rotatable bonds is 6. The van der Waals surface area contributed by atoms with Gasteiger partial charge in [-0.25, -0.2) is 8.42 Å². The molecule has 24 heavy (non-hydrogen) atoms. The smallest absolute Gasteiger partial charge is 0.263 e. The van der Waals surface area contributed by atoms with E-state index in [2.05, 4.69) is 20.2 Å². The molecule has 0 spiro atoms. The van der Waals surface area contributed by atoms with Crippen molar-refractivity contribution in [3.05, 3.63) is 78.4 Å². The fourth-order valence-corrected chi connectivity index (χ4v) is 3.08. The molecule has 0 aliphatic heterocycles. The van der Waals surface area contributed by atoms with Crippen molar-refractivity contribution in [1.82, 2.24) is 10.2 Å². The third kappa shape index (κ3) is 4.08. The summed E-state index contributed by atoms with van der Waals surface area (Å²) in [5, 5.41) is 11.0. The SMILES string of the molecule is O=S(=O)(Nc1ccc(NCc2ccccc2)nn1)c1ccccc1. The van der Waals surface area contributed by atoms with Crippen LogP contribution >= 0.6 is 0 Å². The number of nitrogens with zero attached hydrogens (tertiary/aromatic N) is 2. The van der Waals surface area contributed by atoms with E-state index in [9.17, 15) is 8.42 Å². The van der Waals surface area contributed by atoms with Crippen LogP contribution in [0.3, 0.4) is 0 Å². The highest BCUT2D eigenvalue weighted by Crippen LogP contribution is 2.14. The molecule has 0 amide bonds. The van der Waals surface area contributed by atoms with Crippen LogP contribution in [0.1, 0.15) is 5.56 Å². The Balaban J connectivity index is 1.64. The van der Waals surface area contributed by atoms with Gasteiger partial charge in [0, 0.05) is 6.54 Å². The van der Waals surface area contributed by atoms with Gasteiger partial charge in [-0.2, -0.15) is 0 Å². The molecule has 0 atom stereocenters. The average Bonchev–Trinajstić information content (AvgIpc) is 2.62. The summed E-state index contributed by atoms with van der Waals surface area (Å²) in [4.78, 5) is 0.179. The van der Waals surface area contributed by atoms with Gasteiger partial charge in [-0.1, -0.05) is 48.5 Å². The maximum Gasteiger partial charge on any atom is 0.263 e. The number of benzene rings is 2. The topological polar surface area (TPSA) is 84.0 Å². The van der Waals surface area contributed by atoms with Gasteiger partial charge in [-0.05, 0) is 29.8 Å². The largest absolute Gasteiger partial charge is 0.365 e. The fraction of sp³-hybridized carbons (Fsp3) is 0.0588. The Labute approximate surface area is 140 Å². The van der Waals surface area contributed by atoms with Crippen LogP contribution in [-0.4, -0.2) is 18.6 Å². The molecule has 0 bridgehead atoms. The van der Waals surface area contributed by atoms with Crippen molar-refractivity contribution < 1.29 is 8.42 Å². The molecule has 2 N–H and O–H groups in total. The second-order valence-corrected chi connectivity index (χ2v) is 6.74. The Hall–Kier alpha value is -2.93. The first kappa shape index (κ1) is 15.9. The summed E-state index contributed by atoms with van der Waals surface area (Å²) in [7, 11) is -3.65. The van der Waals surface area contributed by atoms with Gasteiger partial charge in [-0.3, -0.25) is 4.72 Å². The monoisotopic (exact) mass is 340 g/mol. The van der Waals surface area contributed by atoms with E-state index in [4.69, 9.17) is 0 Å². The van der Waals surface area contributed by atoms with Crippen LogP contribution in [0.15, 0.2) is 77.7 Å². The zero-order valence-electron chi connectivity index (χ0n) is 12.8. The van der Waals surface area contributed by atoms with E-state index in [-0.39, 0.29) is 10.7 Å². The number of hydrogen-bond acceptors (Lipinski definition) is 5. The van der Waals surface area contributed by atoms with E-state index < -0.39 is 10.0 Å². The van der Waals surface area contributed by atoms with E-state index in [0.717, 1.165) is 5.56 Å². The molecule has 122 valence electrons. The first-order chi connectivity index (χ1) is 11.6. The maximum absolute atomic E-state index is 12.2. The van der Waals surface area contributed by atoms with E-state index in [1.165, 1.54) is 12.1 Å². The first-order valence-corrected chi connectivity index (χ1v) is 8.81. The molecule has 1 aromatic heterocycles. The molecule has 6 nitrogen and oxygen atoms in total. The minimum Gasteiger partial charge on any atom is -0.365 e. The van der Waals surface area contributed by atoms with Gasteiger partial charge < -0.3 is 5.32 Å². The van der Waals surface area contributed by atoms with E-state index >= 15 is 0 Å². The molecular weight excluding hydrogens is 324 g/mol. The summed E-state index contributed by atoms with van der Waals surface area (Å²) in [5.74, 6) is 0.741. The van der Waals surface area contributed by atoms with Crippen molar-refractivity contribution in [2.45, 2.75) is 11.4 Å². The Morgan fingerprint density at radius 3 is 1.96 bits per heavy atom. The van der Waals surface area contributed by atoms with Crippen molar-refractivity contribution in [3.63, 3.8) is 0 Å². The molecule has 0 unspecified atom stereocenters. The molecule has 0 saturated carbocycles. The predicted molar refractivity (Wildman–Crippen MR) is 93.1 cm³/mol. The number of anilines is 2. The van der Waals surface area contributed by atoms with Crippen LogP contribution in [0.25, 0.3) is 0 Å². The van der Waals surface area contributed by atoms with Crippen LogP contribution in [0.5, 0.6) is 0 Å². The van der Waals surface area contributed by atoms with Crippen LogP contribution in [0.4, 0.5) is 11.6 Å². The van der Waals surface area contributed by atoms with Crippen LogP contribution in [0.2, 0.25) is 0 Å². The van der Waals surface area contributed by atoms with Crippen LogP contribution < -0.4 is 10.0 Å². The lowest BCUT2D eigenvalue weighted by molar-refractivity contribution is 0.601. The Morgan fingerprint density at radius 1 is 0.750 bits per heavy atom. The minimum atomic E-state index is -3.65. The van der Waals surface area contributed by atoms with E-state index in [1.54, 1.807) is 30.3 Å². The van der Waals surface area contributed by atoms with Crippen molar-refractivity contribution in [2.24, 2.45) is 0 Å². The van der Waals surface area contributed by atoms with Gasteiger partial charge in [0.05, 0.1) is 4.90 Å². The fourth-order valence-electron chi connectivity index (χ4n) is 2.07. The van der Waals surface area contributed by atoms with Crippen molar-refractivity contribution >= 4 is 21.7 Å². The zero-order chi connectivity index (χ0) is 16.8. The summed E-state index contributed by atoms with van der Waals surface area (Å²) in [6.45, 7) is 0.616. The van der Waals surface area contributed by atoms with Crippen LogP contribution in [0, 0.1) is 0 Å². The summed E-state index contributed by atoms with van der Waals surface area (Å²) in [6.07, 6.45) is 0. The lowest BCUT2D eigenvalue weighted by Crippen LogP contribution is -2.14. The van der Waals surface area contributed by atoms with Gasteiger partial charge >= 0.3 is 0 Å². The molecular formula is C17H16N4O2S. The van der Waals surface area contributed by atoms with Gasteiger partial charge in [-0.15, -0.1) is 10.2 Å². The van der Waals surface area contributed by atoms with Gasteiger partial charge in [0.1, 0.15) is 5.82 Å². The average molecular weight is 340 g/mol. The molecule has 3 rings (SSSR count). The lowest BCUT2D eigenvalue weighted by atomic mass is 10.2. The molecule has 7 heteroatoms. The molecule has 0 radical (unpaired) electrons. The number of aromatic nitrogens is 2. The summed E-state index contributed by atoms with van der Waals surface area (Å²) in [6, 6.07) is 21.3. The molecule has 0 fully saturated rings. The Bertz CT molecular complexity index is 883. The Kier molecular flexibility index (Phi) is 4.72. The van der Waals surface area contributed by atoms with E-state index in [1.807, 2.05) is 30.3 Å². The zero-order valence-corrected chi connectivity index (χ0v) is 13.6. The maximum atomic E-state index is 12.2. The second kappa shape index (κ2) is 7.10. The number of nitrogens with one attached hydrogen (secondary N) is 2. The summed E-state index contributed by atoms with van der Waals surface area (Å²) >= 11 is 0. The highest BCUT2D eigenvalue weighted by atomic mass is 32.2. The molecule has 3 aromatic rings. The molecule has 0 aliphatic carbocycles. The third-order valence-corrected chi connectivity index (χ3v) is 4.64. The summed E-state index contributed by atoms with van der Waals surface area (Å²) in [5.41, 5.74) is 1.12. The second-order valence-electron chi connectivity index (χ2n) is 5.06. The Morgan fingerprint density at radius 2 is 1.33 bits per heavy atom. The van der Waals surface area contributed by atoms with E-state index in [0.29, 0.717) is 12.4 Å². The molecule has 0 saturated heterocycles. The number of sulfonamides is 1. The third-order valence-electron chi connectivity index (χ3n) is 3.27. The van der Waals surface area contributed by atoms with Gasteiger partial charge in [0.2, 0.25) is 0 Å². The van der Waals surface area contributed by atoms with Crippen LogP contribution in [-0.2, 0) is 16.6 Å². The van der Waals surface area contributed by atoms with Crippen molar-refractivity contribution in [1.29, 1.82) is 0 Å². The normalized spacial score (nSPS) is 11.0. The summed E-state index contributed by atoms with van der Waals surface area (Å²) < 4.78 is 26.8. The highest BCUT2D eigenvalue weighted by Gasteiger charge is 2.14. The highest BCUT2D eigenvalue weighted by molar-refractivity contribution is 7.92.